The smallest absolute Gasteiger partial charge is 0.124 e. The molecule has 0 aliphatic carbocycles. The zero-order valence-electron chi connectivity index (χ0n) is 8.87. The average Bonchev–Trinajstić information content (AvgIpc) is 2.64. The highest BCUT2D eigenvalue weighted by Crippen LogP contribution is 2.21. The van der Waals surface area contributed by atoms with E-state index < -0.39 is 0 Å². The Balaban J connectivity index is 2.48. The van der Waals surface area contributed by atoms with Crippen molar-refractivity contribution in [3.63, 3.8) is 0 Å². The largest absolute Gasteiger partial charge is 0.275 e. The molecule has 2 aromatic rings. The van der Waals surface area contributed by atoms with Crippen molar-refractivity contribution in [1.29, 1.82) is 0 Å². The van der Waals surface area contributed by atoms with E-state index in [9.17, 15) is 4.39 Å². The normalized spacial score (nSPS) is 10.6. The summed E-state index contributed by atoms with van der Waals surface area (Å²) in [5.41, 5.74) is 2.85. The number of benzene rings is 1. The molecule has 0 radical (unpaired) electrons. The lowest BCUT2D eigenvalue weighted by molar-refractivity contribution is 0.626. The second-order valence-corrected chi connectivity index (χ2v) is 3.60. The first-order chi connectivity index (χ1) is 7.19. The van der Waals surface area contributed by atoms with Crippen molar-refractivity contribution in [2.45, 2.75) is 13.3 Å². The van der Waals surface area contributed by atoms with Crippen LogP contribution in [0.3, 0.4) is 0 Å². The fraction of sp³-hybridized carbons (Fsp3) is 0.250. The van der Waals surface area contributed by atoms with E-state index in [-0.39, 0.29) is 5.82 Å². The molecular formula is C12H13FN2. The van der Waals surface area contributed by atoms with Gasteiger partial charge in [-0.1, -0.05) is 13.0 Å². The summed E-state index contributed by atoms with van der Waals surface area (Å²) in [4.78, 5) is 0. The summed E-state index contributed by atoms with van der Waals surface area (Å²) < 4.78 is 15.0. The predicted octanol–water partition coefficient (Wildman–Crippen LogP) is 2.79. The van der Waals surface area contributed by atoms with Gasteiger partial charge < -0.3 is 0 Å². The van der Waals surface area contributed by atoms with Gasteiger partial charge in [-0.2, -0.15) is 5.10 Å². The second-order valence-electron chi connectivity index (χ2n) is 3.60. The van der Waals surface area contributed by atoms with Crippen molar-refractivity contribution in [1.82, 2.24) is 9.78 Å². The fourth-order valence-corrected chi connectivity index (χ4v) is 1.59. The molecule has 15 heavy (non-hydrogen) atoms. The van der Waals surface area contributed by atoms with Crippen LogP contribution in [0.2, 0.25) is 0 Å². The van der Waals surface area contributed by atoms with Crippen molar-refractivity contribution < 1.29 is 4.39 Å². The molecule has 1 aromatic carbocycles. The maximum Gasteiger partial charge on any atom is 0.124 e. The molecule has 0 fully saturated rings. The molecule has 2 nitrogen and oxygen atoms in total. The predicted molar refractivity (Wildman–Crippen MR) is 58.0 cm³/mol. The van der Waals surface area contributed by atoms with Gasteiger partial charge >= 0.3 is 0 Å². The Hall–Kier alpha value is -1.64. The molecule has 0 saturated carbocycles. The number of nitrogens with zero attached hydrogens (tertiary/aromatic N) is 2. The lowest BCUT2D eigenvalue weighted by atomic mass is 10.0. The van der Waals surface area contributed by atoms with Crippen molar-refractivity contribution >= 4 is 0 Å². The van der Waals surface area contributed by atoms with Gasteiger partial charge in [-0.05, 0) is 29.7 Å². The third-order valence-corrected chi connectivity index (χ3v) is 2.40. The molecule has 2 rings (SSSR count). The number of rotatable bonds is 2. The minimum absolute atomic E-state index is 0.187. The van der Waals surface area contributed by atoms with Crippen LogP contribution in [0.15, 0.2) is 30.6 Å². The highest BCUT2D eigenvalue weighted by atomic mass is 19.1. The first-order valence-electron chi connectivity index (χ1n) is 4.97. The van der Waals surface area contributed by atoms with Crippen LogP contribution in [0, 0.1) is 5.82 Å². The van der Waals surface area contributed by atoms with Gasteiger partial charge in [0.15, 0.2) is 0 Å². The van der Waals surface area contributed by atoms with Crippen molar-refractivity contribution in [3.05, 3.63) is 42.0 Å². The summed E-state index contributed by atoms with van der Waals surface area (Å²) in [6, 6.07) is 5.11. The zero-order valence-corrected chi connectivity index (χ0v) is 8.87. The van der Waals surface area contributed by atoms with Gasteiger partial charge in [0.2, 0.25) is 0 Å². The van der Waals surface area contributed by atoms with E-state index >= 15 is 0 Å². The summed E-state index contributed by atoms with van der Waals surface area (Å²) in [7, 11) is 1.85. The molecule has 0 aliphatic rings. The van der Waals surface area contributed by atoms with E-state index in [4.69, 9.17) is 0 Å². The van der Waals surface area contributed by atoms with Crippen molar-refractivity contribution in [3.8, 4) is 11.1 Å². The Morgan fingerprint density at radius 2 is 2.07 bits per heavy atom. The van der Waals surface area contributed by atoms with Crippen LogP contribution in [-0.2, 0) is 13.5 Å². The van der Waals surface area contributed by atoms with Crippen LogP contribution >= 0.6 is 0 Å². The first-order valence-corrected chi connectivity index (χ1v) is 4.97. The third kappa shape index (κ3) is 2.06. The second kappa shape index (κ2) is 3.85. The molecular weight excluding hydrogens is 191 g/mol. The zero-order chi connectivity index (χ0) is 10.8. The summed E-state index contributed by atoms with van der Waals surface area (Å²) in [6.07, 6.45) is 4.47. The molecule has 0 saturated heterocycles. The van der Waals surface area contributed by atoms with E-state index in [1.165, 1.54) is 6.07 Å². The number of hydrogen-bond donors (Lipinski definition) is 0. The van der Waals surface area contributed by atoms with Crippen LogP contribution in [0.25, 0.3) is 11.1 Å². The third-order valence-electron chi connectivity index (χ3n) is 2.40. The number of halogens is 1. The number of hydrogen-bond acceptors (Lipinski definition) is 1. The van der Waals surface area contributed by atoms with E-state index in [1.54, 1.807) is 16.9 Å². The summed E-state index contributed by atoms with van der Waals surface area (Å²) in [6.45, 7) is 2.02. The van der Waals surface area contributed by atoms with Gasteiger partial charge in [-0.15, -0.1) is 0 Å². The minimum Gasteiger partial charge on any atom is -0.275 e. The van der Waals surface area contributed by atoms with Gasteiger partial charge in [0.05, 0.1) is 6.20 Å². The summed E-state index contributed by atoms with van der Waals surface area (Å²) >= 11 is 0. The molecule has 0 aliphatic heterocycles. The minimum atomic E-state index is -0.187. The van der Waals surface area contributed by atoms with Crippen LogP contribution in [0.5, 0.6) is 0 Å². The van der Waals surface area contributed by atoms with Crippen LogP contribution in [-0.4, -0.2) is 9.78 Å². The Morgan fingerprint density at radius 3 is 2.67 bits per heavy atom. The topological polar surface area (TPSA) is 17.8 Å². The molecule has 1 heterocycles. The molecule has 0 spiro atoms. The molecule has 3 heteroatoms. The maximum absolute atomic E-state index is 13.3. The highest BCUT2D eigenvalue weighted by molar-refractivity contribution is 5.62. The van der Waals surface area contributed by atoms with Crippen LogP contribution < -0.4 is 0 Å². The average molecular weight is 204 g/mol. The molecule has 1 aromatic heterocycles. The van der Waals surface area contributed by atoms with Gasteiger partial charge in [-0.3, -0.25) is 4.68 Å². The fourth-order valence-electron chi connectivity index (χ4n) is 1.59. The van der Waals surface area contributed by atoms with Crippen LogP contribution in [0.1, 0.15) is 12.5 Å². The number of aromatic nitrogens is 2. The van der Waals surface area contributed by atoms with Gasteiger partial charge in [0, 0.05) is 18.8 Å². The molecule has 0 unspecified atom stereocenters. The summed E-state index contributed by atoms with van der Waals surface area (Å²) in [5.74, 6) is -0.187. The monoisotopic (exact) mass is 204 g/mol. The Kier molecular flexibility index (Phi) is 2.54. The maximum atomic E-state index is 13.3. The van der Waals surface area contributed by atoms with Crippen LogP contribution in [0.4, 0.5) is 4.39 Å². The van der Waals surface area contributed by atoms with Gasteiger partial charge in [0.1, 0.15) is 5.82 Å². The quantitative estimate of drug-likeness (QED) is 0.735. The Bertz CT molecular complexity index is 474. The van der Waals surface area contributed by atoms with Gasteiger partial charge in [-0.25, -0.2) is 4.39 Å². The van der Waals surface area contributed by atoms with E-state index in [2.05, 4.69) is 5.10 Å². The highest BCUT2D eigenvalue weighted by Gasteiger charge is 2.03. The molecule has 0 atom stereocenters. The lowest BCUT2D eigenvalue weighted by Crippen LogP contribution is -1.86. The SMILES string of the molecule is CCc1cc(F)cc(-c2cnn(C)c2)c1. The molecule has 0 amide bonds. The Morgan fingerprint density at radius 1 is 1.27 bits per heavy atom. The molecule has 0 bridgehead atoms. The molecule has 78 valence electrons. The standard InChI is InChI=1S/C12H13FN2/c1-3-9-4-10(6-12(13)5-9)11-7-14-15(2)8-11/h4-8H,3H2,1-2H3. The van der Waals surface area contributed by atoms with E-state index in [1.807, 2.05) is 26.2 Å². The molecule has 0 N–H and O–H groups in total. The summed E-state index contributed by atoms with van der Waals surface area (Å²) in [5, 5.41) is 4.07. The van der Waals surface area contributed by atoms with E-state index in [0.717, 1.165) is 23.1 Å². The van der Waals surface area contributed by atoms with E-state index in [0.29, 0.717) is 0 Å². The lowest BCUT2D eigenvalue weighted by Gasteiger charge is -2.02. The first kappa shape index (κ1) is 9.90. The van der Waals surface area contributed by atoms with Gasteiger partial charge in [0.25, 0.3) is 0 Å². The van der Waals surface area contributed by atoms with Crippen molar-refractivity contribution in [2.24, 2.45) is 7.05 Å². The Labute approximate surface area is 88.4 Å². The number of aryl methyl sites for hydroxylation is 2. The van der Waals surface area contributed by atoms with Crippen molar-refractivity contribution in [2.75, 3.05) is 0 Å².